The van der Waals surface area contributed by atoms with Crippen molar-refractivity contribution in [3.05, 3.63) is 24.3 Å². The Morgan fingerprint density at radius 1 is 1.54 bits per heavy atom. The van der Waals surface area contributed by atoms with Crippen LogP contribution in [0.1, 0.15) is 0 Å². The lowest BCUT2D eigenvalue weighted by Gasteiger charge is -2.26. The number of nitrogens with zero attached hydrogens (tertiary/aromatic N) is 1. The van der Waals surface area contributed by atoms with E-state index in [-0.39, 0.29) is 5.91 Å². The van der Waals surface area contributed by atoms with Crippen molar-refractivity contribution in [1.29, 1.82) is 0 Å². The highest BCUT2D eigenvalue weighted by molar-refractivity contribution is 9.10. The lowest BCUT2D eigenvalue weighted by atomic mass is 9.97. The van der Waals surface area contributed by atoms with Crippen LogP contribution in [0, 0.1) is 5.92 Å². The van der Waals surface area contributed by atoms with Crippen molar-refractivity contribution >= 4 is 21.8 Å². The van der Waals surface area contributed by atoms with Crippen LogP contribution in [0.3, 0.4) is 0 Å². The first-order valence-electron chi connectivity index (χ1n) is 3.90. The number of alkyl halides is 2. The van der Waals surface area contributed by atoms with E-state index in [0.717, 1.165) is 0 Å². The van der Waals surface area contributed by atoms with E-state index in [1.807, 2.05) is 0 Å². The zero-order chi connectivity index (χ0) is 10.1. The zero-order valence-electron chi connectivity index (χ0n) is 7.50. The fourth-order valence-electron chi connectivity index (χ4n) is 1.12. The Morgan fingerprint density at radius 2 is 2.15 bits per heavy atom. The Labute approximate surface area is 85.2 Å². The highest BCUT2D eigenvalue weighted by atomic mass is 79.9. The molecule has 72 valence electrons. The van der Waals surface area contributed by atoms with Gasteiger partial charge in [0.2, 0.25) is 5.91 Å². The molecule has 2 atom stereocenters. The van der Waals surface area contributed by atoms with Crippen molar-refractivity contribution in [2.24, 2.45) is 5.92 Å². The molecule has 0 saturated heterocycles. The van der Waals surface area contributed by atoms with E-state index in [1.165, 1.54) is 11.0 Å². The molecule has 0 aromatic carbocycles. The van der Waals surface area contributed by atoms with Crippen molar-refractivity contribution in [3.63, 3.8) is 0 Å². The molecule has 2 unspecified atom stereocenters. The van der Waals surface area contributed by atoms with Gasteiger partial charge in [-0.1, -0.05) is 18.2 Å². The summed E-state index contributed by atoms with van der Waals surface area (Å²) in [6.07, 6.45) is 6.13. The van der Waals surface area contributed by atoms with Gasteiger partial charge in [-0.3, -0.25) is 4.79 Å². The van der Waals surface area contributed by atoms with Crippen LogP contribution in [0.5, 0.6) is 0 Å². The maximum Gasteiger partial charge on any atom is 0.233 e. The molecule has 2 nitrogen and oxygen atoms in total. The van der Waals surface area contributed by atoms with Crippen LogP contribution in [-0.2, 0) is 4.79 Å². The number of halogens is 2. The van der Waals surface area contributed by atoms with Gasteiger partial charge in [-0.05, 0) is 22.0 Å². The summed E-state index contributed by atoms with van der Waals surface area (Å²) in [4.78, 5) is 12.9. The fraction of sp³-hybridized carbons (Fsp3) is 0.444. The normalized spacial score (nSPS) is 31.8. The molecule has 1 aliphatic rings. The number of carbonyl (C=O) groups is 1. The minimum atomic E-state index is -1.75. The van der Waals surface area contributed by atoms with Crippen LogP contribution in [0.15, 0.2) is 24.3 Å². The second-order valence-electron chi connectivity index (χ2n) is 3.13. The minimum Gasteiger partial charge on any atom is -0.348 e. The lowest BCUT2D eigenvalue weighted by molar-refractivity contribution is -0.133. The average Bonchev–Trinajstić information content (AvgIpc) is 2.02. The molecule has 0 bridgehead atoms. The maximum atomic E-state index is 13.7. The van der Waals surface area contributed by atoms with Gasteiger partial charge >= 0.3 is 0 Å². The Morgan fingerprint density at radius 3 is 2.62 bits per heavy atom. The van der Waals surface area contributed by atoms with Crippen molar-refractivity contribution in [3.8, 4) is 0 Å². The van der Waals surface area contributed by atoms with Crippen molar-refractivity contribution < 1.29 is 9.18 Å². The van der Waals surface area contributed by atoms with E-state index in [4.69, 9.17) is 0 Å². The van der Waals surface area contributed by atoms with Crippen LogP contribution < -0.4 is 0 Å². The van der Waals surface area contributed by atoms with Gasteiger partial charge in [0.15, 0.2) is 4.58 Å². The molecular weight excluding hydrogens is 237 g/mol. The number of rotatable bonds is 1. The standard InChI is InChI=1S/C9H11BrFNO/c1-12(2)8(13)7-5-3-4-6-9(7,10)11/h3-7H,1-2H3. The van der Waals surface area contributed by atoms with Crippen molar-refractivity contribution in [2.45, 2.75) is 4.58 Å². The van der Waals surface area contributed by atoms with E-state index >= 15 is 0 Å². The van der Waals surface area contributed by atoms with E-state index in [0.29, 0.717) is 0 Å². The van der Waals surface area contributed by atoms with E-state index < -0.39 is 10.5 Å². The fourth-order valence-corrected chi connectivity index (χ4v) is 1.62. The topological polar surface area (TPSA) is 20.3 Å². The third kappa shape index (κ3) is 2.18. The quantitative estimate of drug-likeness (QED) is 0.649. The van der Waals surface area contributed by atoms with E-state index in [9.17, 15) is 9.18 Å². The number of hydrogen-bond donors (Lipinski definition) is 0. The van der Waals surface area contributed by atoms with E-state index in [2.05, 4.69) is 15.9 Å². The molecule has 0 saturated carbocycles. The van der Waals surface area contributed by atoms with Crippen LogP contribution in [0.25, 0.3) is 0 Å². The molecule has 0 aromatic rings. The Kier molecular flexibility index (Phi) is 2.91. The molecule has 1 rings (SSSR count). The summed E-state index contributed by atoms with van der Waals surface area (Å²) < 4.78 is 11.9. The number of allylic oxidation sites excluding steroid dienone is 3. The lowest BCUT2D eigenvalue weighted by Crippen LogP contribution is -2.38. The van der Waals surface area contributed by atoms with Gasteiger partial charge in [0.1, 0.15) is 5.92 Å². The number of amides is 1. The number of carbonyl (C=O) groups excluding carboxylic acids is 1. The summed E-state index contributed by atoms with van der Waals surface area (Å²) in [5, 5.41) is 0. The van der Waals surface area contributed by atoms with Crippen LogP contribution >= 0.6 is 15.9 Å². The van der Waals surface area contributed by atoms with Gasteiger partial charge in [-0.25, -0.2) is 4.39 Å². The van der Waals surface area contributed by atoms with Gasteiger partial charge < -0.3 is 4.90 Å². The molecule has 0 fully saturated rings. The second-order valence-corrected chi connectivity index (χ2v) is 4.34. The molecule has 0 aliphatic heterocycles. The smallest absolute Gasteiger partial charge is 0.233 e. The Hall–Kier alpha value is -0.640. The number of hydrogen-bond acceptors (Lipinski definition) is 1. The third-order valence-corrected chi connectivity index (χ3v) is 2.61. The predicted molar refractivity (Wildman–Crippen MR) is 53.2 cm³/mol. The molecule has 0 heterocycles. The first-order valence-corrected chi connectivity index (χ1v) is 4.69. The molecule has 4 heteroatoms. The van der Waals surface area contributed by atoms with Crippen LogP contribution in [-0.4, -0.2) is 29.5 Å². The largest absolute Gasteiger partial charge is 0.348 e. The van der Waals surface area contributed by atoms with Gasteiger partial charge in [0, 0.05) is 14.1 Å². The second kappa shape index (κ2) is 3.62. The first kappa shape index (κ1) is 10.4. The van der Waals surface area contributed by atoms with E-state index in [1.54, 1.807) is 32.3 Å². The Balaban J connectivity index is 2.86. The van der Waals surface area contributed by atoms with Crippen molar-refractivity contribution in [2.75, 3.05) is 14.1 Å². The van der Waals surface area contributed by atoms with Gasteiger partial charge in [0.05, 0.1) is 0 Å². The molecular formula is C9H11BrFNO. The molecule has 1 aliphatic carbocycles. The monoisotopic (exact) mass is 247 g/mol. The molecule has 0 radical (unpaired) electrons. The average molecular weight is 248 g/mol. The van der Waals surface area contributed by atoms with Crippen LogP contribution in [0.2, 0.25) is 0 Å². The molecule has 0 N–H and O–H groups in total. The van der Waals surface area contributed by atoms with Crippen molar-refractivity contribution in [1.82, 2.24) is 4.90 Å². The van der Waals surface area contributed by atoms with Gasteiger partial charge in [0.25, 0.3) is 0 Å². The minimum absolute atomic E-state index is 0.250. The zero-order valence-corrected chi connectivity index (χ0v) is 9.08. The summed E-state index contributed by atoms with van der Waals surface area (Å²) in [7, 11) is 3.22. The molecule has 0 aromatic heterocycles. The summed E-state index contributed by atoms with van der Waals surface area (Å²) >= 11 is 2.88. The highest BCUT2D eigenvalue weighted by Gasteiger charge is 2.39. The molecule has 13 heavy (non-hydrogen) atoms. The summed E-state index contributed by atoms with van der Waals surface area (Å²) in [6.45, 7) is 0. The highest BCUT2D eigenvalue weighted by Crippen LogP contribution is 2.35. The third-order valence-electron chi connectivity index (χ3n) is 1.85. The predicted octanol–water partition coefficient (Wildman–Crippen LogP) is 1.88. The Bertz CT molecular complexity index is 271. The SMILES string of the molecule is CN(C)C(=O)C1C=CC=CC1(F)Br. The molecule has 1 amide bonds. The molecule has 0 spiro atoms. The summed E-state index contributed by atoms with van der Waals surface area (Å²) in [5.41, 5.74) is 0. The van der Waals surface area contributed by atoms with Gasteiger partial charge in [-0.2, -0.15) is 0 Å². The summed E-state index contributed by atoms with van der Waals surface area (Å²) in [6, 6.07) is 0. The van der Waals surface area contributed by atoms with Crippen LogP contribution in [0.4, 0.5) is 4.39 Å². The van der Waals surface area contributed by atoms with Gasteiger partial charge in [-0.15, -0.1) is 0 Å². The maximum absolute atomic E-state index is 13.7. The first-order chi connectivity index (χ1) is 5.95. The summed E-state index contributed by atoms with van der Waals surface area (Å²) in [5.74, 6) is -1.02.